The van der Waals surface area contributed by atoms with Gasteiger partial charge in [-0.3, -0.25) is 14.7 Å². The van der Waals surface area contributed by atoms with Crippen LogP contribution in [-0.4, -0.2) is 40.6 Å². The Morgan fingerprint density at radius 1 is 1.30 bits per heavy atom. The number of ether oxygens (including phenoxy) is 2. The molecule has 2 aromatic rings. The number of methoxy groups -OCH3 is 2. The van der Waals surface area contributed by atoms with E-state index in [2.05, 4.69) is 15.5 Å². The minimum absolute atomic E-state index is 0.258. The van der Waals surface area contributed by atoms with Crippen molar-refractivity contribution in [1.82, 2.24) is 14.8 Å². The van der Waals surface area contributed by atoms with Crippen LogP contribution in [0.2, 0.25) is 0 Å². The van der Waals surface area contributed by atoms with Crippen LogP contribution in [0.4, 0.5) is 5.95 Å². The fourth-order valence-corrected chi connectivity index (χ4v) is 3.09. The van der Waals surface area contributed by atoms with Gasteiger partial charge in [0.15, 0.2) is 16.7 Å². The third-order valence-electron chi connectivity index (χ3n) is 3.33. The number of amides is 1. The van der Waals surface area contributed by atoms with Gasteiger partial charge in [-0.15, -0.1) is 10.2 Å². The number of nitrogens with one attached hydrogen (secondary N) is 1. The van der Waals surface area contributed by atoms with Gasteiger partial charge in [-0.05, 0) is 23.8 Å². The summed E-state index contributed by atoms with van der Waals surface area (Å²) in [5.74, 6) is 2.43. The van der Waals surface area contributed by atoms with Crippen molar-refractivity contribution in [2.75, 3.05) is 25.3 Å². The number of hydrogen-bond acceptors (Lipinski definition) is 6. The maximum atomic E-state index is 12.0. The van der Waals surface area contributed by atoms with E-state index in [1.165, 1.54) is 6.08 Å². The molecule has 1 N–H and O–H groups in total. The number of fused-ring (bicyclic) bond motifs is 1. The molecule has 1 aromatic heterocycles. The van der Waals surface area contributed by atoms with Crippen LogP contribution in [0.3, 0.4) is 0 Å². The van der Waals surface area contributed by atoms with E-state index in [1.54, 1.807) is 44.2 Å². The normalized spacial score (nSPS) is 13.1. The fraction of sp³-hybridized carbons (Fsp3) is 0.267. The molecule has 1 aliphatic heterocycles. The number of carbonyl (C=O) groups is 1. The van der Waals surface area contributed by atoms with E-state index in [0.29, 0.717) is 17.4 Å². The fourth-order valence-electron chi connectivity index (χ4n) is 2.20. The Morgan fingerprint density at radius 3 is 2.91 bits per heavy atom. The molecule has 1 aliphatic rings. The second-order valence-corrected chi connectivity index (χ2v) is 5.81. The van der Waals surface area contributed by atoms with Gasteiger partial charge in [0.2, 0.25) is 5.95 Å². The summed E-state index contributed by atoms with van der Waals surface area (Å²) in [4.78, 5) is 12.0. The number of aromatic nitrogens is 3. The topological polar surface area (TPSA) is 78.3 Å². The van der Waals surface area contributed by atoms with Crippen LogP contribution < -0.4 is 14.8 Å². The molecule has 0 bridgehead atoms. The molecule has 0 aliphatic carbocycles. The van der Waals surface area contributed by atoms with Crippen molar-refractivity contribution in [1.29, 1.82) is 0 Å². The maximum Gasteiger partial charge on any atom is 0.250 e. The molecule has 0 radical (unpaired) electrons. The van der Waals surface area contributed by atoms with Crippen molar-refractivity contribution in [3.05, 3.63) is 29.8 Å². The van der Waals surface area contributed by atoms with E-state index in [4.69, 9.17) is 9.47 Å². The molecule has 23 heavy (non-hydrogen) atoms. The largest absolute Gasteiger partial charge is 0.493 e. The van der Waals surface area contributed by atoms with Gasteiger partial charge in [0.05, 0.1) is 14.2 Å². The van der Waals surface area contributed by atoms with Crippen LogP contribution in [0, 0.1) is 0 Å². The lowest BCUT2D eigenvalue weighted by Crippen LogP contribution is -2.13. The van der Waals surface area contributed by atoms with Crippen molar-refractivity contribution in [3.8, 4) is 11.5 Å². The van der Waals surface area contributed by atoms with Crippen molar-refractivity contribution >= 4 is 29.7 Å². The van der Waals surface area contributed by atoms with E-state index in [-0.39, 0.29) is 5.91 Å². The first-order valence-electron chi connectivity index (χ1n) is 6.98. The van der Waals surface area contributed by atoms with Gasteiger partial charge in [-0.1, -0.05) is 17.8 Å². The van der Waals surface area contributed by atoms with E-state index < -0.39 is 0 Å². The Kier molecular flexibility index (Phi) is 4.52. The summed E-state index contributed by atoms with van der Waals surface area (Å²) < 4.78 is 12.3. The molecule has 0 fully saturated rings. The summed E-state index contributed by atoms with van der Waals surface area (Å²) in [5.41, 5.74) is 0.833. The SMILES string of the molecule is COc1ccc(/C=C/C(=O)Nc2nnc3n2CCS3)cc1OC. The molecule has 3 rings (SSSR count). The van der Waals surface area contributed by atoms with Crippen LogP contribution in [0.1, 0.15) is 5.56 Å². The highest BCUT2D eigenvalue weighted by Gasteiger charge is 2.18. The van der Waals surface area contributed by atoms with Crippen molar-refractivity contribution < 1.29 is 14.3 Å². The number of anilines is 1. The molecule has 0 atom stereocenters. The molecule has 8 heteroatoms. The van der Waals surface area contributed by atoms with Gasteiger partial charge in [0.25, 0.3) is 5.91 Å². The van der Waals surface area contributed by atoms with Gasteiger partial charge in [0.1, 0.15) is 0 Å². The summed E-state index contributed by atoms with van der Waals surface area (Å²) >= 11 is 1.63. The molecule has 7 nitrogen and oxygen atoms in total. The van der Waals surface area contributed by atoms with Crippen LogP contribution in [0.5, 0.6) is 11.5 Å². The minimum Gasteiger partial charge on any atom is -0.493 e. The number of hydrogen-bond donors (Lipinski definition) is 1. The van der Waals surface area contributed by atoms with E-state index in [1.807, 2.05) is 10.6 Å². The molecule has 1 aromatic carbocycles. The average Bonchev–Trinajstić information content (AvgIpc) is 3.17. The zero-order chi connectivity index (χ0) is 16.2. The molecule has 1 amide bonds. The van der Waals surface area contributed by atoms with E-state index in [9.17, 15) is 4.79 Å². The van der Waals surface area contributed by atoms with E-state index in [0.717, 1.165) is 23.0 Å². The quantitative estimate of drug-likeness (QED) is 0.845. The zero-order valence-corrected chi connectivity index (χ0v) is 13.6. The summed E-state index contributed by atoms with van der Waals surface area (Å²) in [6.45, 7) is 0.808. The zero-order valence-electron chi connectivity index (χ0n) is 12.8. The van der Waals surface area contributed by atoms with Crippen LogP contribution in [-0.2, 0) is 11.3 Å². The Hall–Kier alpha value is -2.48. The molecule has 0 spiro atoms. The molecule has 0 saturated carbocycles. The Morgan fingerprint density at radius 2 is 2.13 bits per heavy atom. The minimum atomic E-state index is -0.258. The summed E-state index contributed by atoms with van der Waals surface area (Å²) in [5, 5.41) is 11.6. The first-order valence-corrected chi connectivity index (χ1v) is 7.97. The van der Waals surface area contributed by atoms with Crippen molar-refractivity contribution in [2.24, 2.45) is 0 Å². The van der Waals surface area contributed by atoms with Crippen LogP contribution >= 0.6 is 11.8 Å². The highest BCUT2D eigenvalue weighted by molar-refractivity contribution is 7.99. The number of carbonyl (C=O) groups excluding carboxylic acids is 1. The number of benzene rings is 1. The van der Waals surface area contributed by atoms with Gasteiger partial charge in [-0.2, -0.15) is 0 Å². The lowest BCUT2D eigenvalue weighted by Gasteiger charge is -2.07. The predicted molar refractivity (Wildman–Crippen MR) is 88.0 cm³/mol. The molecular formula is C15H16N4O3S. The summed E-state index contributed by atoms with van der Waals surface area (Å²) in [6, 6.07) is 5.43. The third kappa shape index (κ3) is 3.31. The van der Waals surface area contributed by atoms with E-state index >= 15 is 0 Å². The summed E-state index contributed by atoms with van der Waals surface area (Å²) in [7, 11) is 3.15. The highest BCUT2D eigenvalue weighted by Crippen LogP contribution is 2.28. The molecular weight excluding hydrogens is 316 g/mol. The molecule has 120 valence electrons. The number of nitrogens with zero attached hydrogens (tertiary/aromatic N) is 3. The molecule has 0 saturated heterocycles. The number of rotatable bonds is 5. The van der Waals surface area contributed by atoms with Gasteiger partial charge in [-0.25, -0.2) is 0 Å². The summed E-state index contributed by atoms with van der Waals surface area (Å²) in [6.07, 6.45) is 3.15. The first-order chi connectivity index (χ1) is 11.2. The predicted octanol–water partition coefficient (Wildman–Crippen LogP) is 2.05. The lowest BCUT2D eigenvalue weighted by atomic mass is 10.2. The second-order valence-electron chi connectivity index (χ2n) is 4.74. The van der Waals surface area contributed by atoms with Crippen molar-refractivity contribution in [2.45, 2.75) is 11.7 Å². The van der Waals surface area contributed by atoms with Gasteiger partial charge in [0, 0.05) is 18.4 Å². The average molecular weight is 332 g/mol. The Balaban J connectivity index is 1.68. The second kappa shape index (κ2) is 6.74. The highest BCUT2D eigenvalue weighted by atomic mass is 32.2. The van der Waals surface area contributed by atoms with Crippen LogP contribution in [0.15, 0.2) is 29.4 Å². The van der Waals surface area contributed by atoms with Gasteiger partial charge < -0.3 is 9.47 Å². The van der Waals surface area contributed by atoms with Gasteiger partial charge >= 0.3 is 0 Å². The first kappa shape index (κ1) is 15.4. The standard InChI is InChI=1S/C15H16N4O3S/c1-21-11-5-3-10(9-12(11)22-2)4-6-13(20)16-14-17-18-15-19(14)7-8-23-15/h3-6,9H,7-8H2,1-2H3,(H,16,17,20)/b6-4+. The lowest BCUT2D eigenvalue weighted by molar-refractivity contribution is -0.111. The smallest absolute Gasteiger partial charge is 0.250 e. The monoisotopic (exact) mass is 332 g/mol. The maximum absolute atomic E-state index is 12.0. The Bertz CT molecular complexity index is 757. The molecule has 0 unspecified atom stereocenters. The molecule has 2 heterocycles. The van der Waals surface area contributed by atoms with Crippen LogP contribution in [0.25, 0.3) is 6.08 Å². The third-order valence-corrected chi connectivity index (χ3v) is 4.28. The number of thioether (sulfide) groups is 1. The Labute approximate surface area is 137 Å². The van der Waals surface area contributed by atoms with Crippen molar-refractivity contribution in [3.63, 3.8) is 0 Å².